The Hall–Kier alpha value is -4.50. The number of anilines is 2. The minimum Gasteiger partial charge on any atom is -0.505 e. The summed E-state index contributed by atoms with van der Waals surface area (Å²) < 4.78 is 5.66. The van der Waals surface area contributed by atoms with E-state index in [0.717, 1.165) is 5.56 Å². The standard InChI is InChI=1S/C30H31N3O6/c1-4-19(23-14-13-17(2)39-23)25(31)24-26(29(37)28(24)36)32-21-12-8-11-20(27(21)35)30(38)33(3)16-15-22(34)18-9-6-5-7-10-18/h5-14,19,22,31-32,34-35H,4,15-16H2,1-3H3/t19-,22?/m1/s1. The number of hydrogen-bond acceptors (Lipinski definition) is 8. The first-order valence-electron chi connectivity index (χ1n) is 12.7. The van der Waals surface area contributed by atoms with E-state index >= 15 is 0 Å². The van der Waals surface area contributed by atoms with Gasteiger partial charge in [0, 0.05) is 13.6 Å². The number of aryl methyl sites for hydroxylation is 1. The van der Waals surface area contributed by atoms with E-state index in [4.69, 9.17) is 9.83 Å². The zero-order valence-electron chi connectivity index (χ0n) is 22.0. The van der Waals surface area contributed by atoms with Crippen molar-refractivity contribution in [2.75, 3.05) is 18.9 Å². The Bertz CT molecular complexity index is 1570. The summed E-state index contributed by atoms with van der Waals surface area (Å²) in [6, 6.07) is 17.1. The first-order valence-corrected chi connectivity index (χ1v) is 12.7. The van der Waals surface area contributed by atoms with Crippen LogP contribution in [-0.2, 0) is 0 Å². The molecule has 3 aromatic carbocycles. The number of carbonyl (C=O) groups excluding carboxylic acids is 1. The van der Waals surface area contributed by atoms with Crippen LogP contribution in [0.1, 0.15) is 64.8 Å². The van der Waals surface area contributed by atoms with Gasteiger partial charge in [-0.3, -0.25) is 14.4 Å². The maximum absolute atomic E-state index is 13.1. The molecule has 0 aliphatic rings. The minimum atomic E-state index is -0.802. The normalized spacial score (nSPS) is 12.7. The van der Waals surface area contributed by atoms with Crippen molar-refractivity contribution in [1.29, 1.82) is 5.41 Å². The van der Waals surface area contributed by atoms with Gasteiger partial charge in [-0.25, -0.2) is 0 Å². The van der Waals surface area contributed by atoms with E-state index in [9.17, 15) is 24.6 Å². The quantitative estimate of drug-likeness (QED) is 0.128. The fourth-order valence-corrected chi connectivity index (χ4v) is 4.55. The Morgan fingerprint density at radius 1 is 1.05 bits per heavy atom. The highest BCUT2D eigenvalue weighted by Crippen LogP contribution is 2.33. The lowest BCUT2D eigenvalue weighted by Crippen LogP contribution is -2.41. The van der Waals surface area contributed by atoms with Crippen LogP contribution in [0.2, 0.25) is 0 Å². The van der Waals surface area contributed by atoms with E-state index in [1.807, 2.05) is 25.1 Å². The average molecular weight is 530 g/mol. The largest absolute Gasteiger partial charge is 0.505 e. The Morgan fingerprint density at radius 2 is 1.77 bits per heavy atom. The monoisotopic (exact) mass is 529 g/mol. The summed E-state index contributed by atoms with van der Waals surface area (Å²) in [4.78, 5) is 39.4. The molecular formula is C30H31N3O6. The number of aliphatic hydroxyl groups is 1. The zero-order valence-corrected chi connectivity index (χ0v) is 22.0. The van der Waals surface area contributed by atoms with E-state index in [1.165, 1.54) is 17.0 Å². The summed E-state index contributed by atoms with van der Waals surface area (Å²) >= 11 is 0. The molecule has 1 aromatic heterocycles. The summed E-state index contributed by atoms with van der Waals surface area (Å²) in [7, 11) is 1.57. The molecule has 4 rings (SSSR count). The third-order valence-corrected chi connectivity index (χ3v) is 6.84. The van der Waals surface area contributed by atoms with Crippen molar-refractivity contribution in [3.63, 3.8) is 0 Å². The van der Waals surface area contributed by atoms with Crippen LogP contribution >= 0.6 is 0 Å². The van der Waals surface area contributed by atoms with Gasteiger partial charge in [-0.2, -0.15) is 0 Å². The third-order valence-electron chi connectivity index (χ3n) is 6.84. The Labute approximate surface area is 225 Å². The molecule has 0 bridgehead atoms. The van der Waals surface area contributed by atoms with Gasteiger partial charge in [-0.15, -0.1) is 0 Å². The fourth-order valence-electron chi connectivity index (χ4n) is 4.55. The molecule has 2 atom stereocenters. The number of phenols is 1. The number of amides is 1. The molecule has 0 spiro atoms. The van der Waals surface area contributed by atoms with Gasteiger partial charge >= 0.3 is 0 Å². The minimum absolute atomic E-state index is 0.00970. The Balaban J connectivity index is 1.52. The zero-order chi connectivity index (χ0) is 28.3. The molecule has 4 aromatic rings. The van der Waals surface area contributed by atoms with Crippen molar-refractivity contribution in [3.8, 4) is 5.75 Å². The Morgan fingerprint density at radius 3 is 2.41 bits per heavy atom. The van der Waals surface area contributed by atoms with Gasteiger partial charge in [-0.1, -0.05) is 43.3 Å². The number of hydrogen-bond donors (Lipinski definition) is 4. The predicted octanol–water partition coefficient (Wildman–Crippen LogP) is 4.39. The maximum atomic E-state index is 13.1. The van der Waals surface area contributed by atoms with Crippen LogP contribution in [-0.4, -0.2) is 40.3 Å². The molecule has 1 amide bonds. The molecule has 1 heterocycles. The van der Waals surface area contributed by atoms with E-state index in [2.05, 4.69) is 5.32 Å². The summed E-state index contributed by atoms with van der Waals surface area (Å²) in [5.74, 6) is -0.199. The number of rotatable bonds is 11. The third kappa shape index (κ3) is 5.53. The molecule has 0 radical (unpaired) electrons. The number of nitrogens with one attached hydrogen (secondary N) is 2. The smallest absolute Gasteiger partial charge is 0.257 e. The van der Waals surface area contributed by atoms with Crippen molar-refractivity contribution in [1.82, 2.24) is 4.90 Å². The topological polar surface area (TPSA) is 144 Å². The number of aromatic hydroxyl groups is 1. The summed E-state index contributed by atoms with van der Waals surface area (Å²) in [5, 5.41) is 32.7. The van der Waals surface area contributed by atoms with Crippen molar-refractivity contribution in [3.05, 3.63) is 109 Å². The molecule has 9 heteroatoms. The van der Waals surface area contributed by atoms with E-state index < -0.39 is 34.5 Å². The van der Waals surface area contributed by atoms with Crippen LogP contribution in [0.4, 0.5) is 11.4 Å². The van der Waals surface area contributed by atoms with Gasteiger partial charge < -0.3 is 30.3 Å². The fraction of sp³-hybridized carbons (Fsp3) is 0.267. The molecule has 0 aliphatic heterocycles. The van der Waals surface area contributed by atoms with Gasteiger partial charge in [0.1, 0.15) is 17.2 Å². The highest BCUT2D eigenvalue weighted by Gasteiger charge is 2.31. The molecule has 4 N–H and O–H groups in total. The van der Waals surface area contributed by atoms with Crippen LogP contribution in [0.25, 0.3) is 0 Å². The van der Waals surface area contributed by atoms with E-state index in [0.29, 0.717) is 24.4 Å². The number of para-hydroxylation sites is 1. The summed E-state index contributed by atoms with van der Waals surface area (Å²) in [6.45, 7) is 3.87. The molecular weight excluding hydrogens is 498 g/mol. The highest BCUT2D eigenvalue weighted by atomic mass is 16.3. The molecule has 0 saturated carbocycles. The van der Waals surface area contributed by atoms with Crippen LogP contribution in [0, 0.1) is 12.3 Å². The SMILES string of the molecule is CC[C@@H](C(=N)c1c(Nc2cccc(C(=O)N(C)CCC(O)c3ccccc3)c2O)c(=O)c1=O)c1ccc(C)o1. The van der Waals surface area contributed by atoms with Crippen molar-refractivity contribution in [2.45, 2.75) is 38.7 Å². The van der Waals surface area contributed by atoms with Crippen molar-refractivity contribution < 1.29 is 19.4 Å². The van der Waals surface area contributed by atoms with Crippen LogP contribution < -0.4 is 16.2 Å². The van der Waals surface area contributed by atoms with Crippen molar-refractivity contribution in [2.24, 2.45) is 0 Å². The maximum Gasteiger partial charge on any atom is 0.257 e. The number of phenolic OH excluding ortho intramolecular Hbond substituents is 1. The lowest BCUT2D eigenvalue weighted by Gasteiger charge is -2.22. The lowest BCUT2D eigenvalue weighted by molar-refractivity contribution is 0.0758. The van der Waals surface area contributed by atoms with E-state index in [1.54, 1.807) is 44.3 Å². The molecule has 0 saturated heterocycles. The van der Waals surface area contributed by atoms with Crippen molar-refractivity contribution >= 4 is 23.0 Å². The number of aliphatic hydroxyl groups excluding tert-OH is 1. The summed E-state index contributed by atoms with van der Waals surface area (Å²) in [6.07, 6.45) is 0.0288. The van der Waals surface area contributed by atoms with Gasteiger partial charge in [0.05, 0.1) is 34.5 Å². The number of benzene rings is 2. The van der Waals surface area contributed by atoms with Crippen LogP contribution in [0.3, 0.4) is 0 Å². The number of furan rings is 1. The number of nitrogens with zero attached hydrogens (tertiary/aromatic N) is 1. The molecule has 9 nitrogen and oxygen atoms in total. The highest BCUT2D eigenvalue weighted by molar-refractivity contribution is 6.09. The van der Waals surface area contributed by atoms with Gasteiger partial charge in [-0.05, 0) is 49.6 Å². The first kappa shape index (κ1) is 27.5. The lowest BCUT2D eigenvalue weighted by atomic mass is 9.88. The van der Waals surface area contributed by atoms with Crippen LogP contribution in [0.5, 0.6) is 5.75 Å². The molecule has 0 aliphatic carbocycles. The number of carbonyl (C=O) groups is 1. The second-order valence-corrected chi connectivity index (χ2v) is 9.50. The van der Waals surface area contributed by atoms with E-state index in [-0.39, 0.29) is 34.8 Å². The predicted molar refractivity (Wildman–Crippen MR) is 149 cm³/mol. The van der Waals surface area contributed by atoms with Gasteiger partial charge in [0.15, 0.2) is 5.75 Å². The molecule has 39 heavy (non-hydrogen) atoms. The molecule has 0 fully saturated rings. The van der Waals surface area contributed by atoms with Gasteiger partial charge in [0.25, 0.3) is 11.3 Å². The average Bonchev–Trinajstić information content (AvgIpc) is 3.37. The second kappa shape index (κ2) is 11.5. The second-order valence-electron chi connectivity index (χ2n) is 9.50. The molecule has 202 valence electrons. The van der Waals surface area contributed by atoms with Crippen LogP contribution in [0.15, 0.2) is 74.7 Å². The molecule has 1 unspecified atom stereocenters. The van der Waals surface area contributed by atoms with Gasteiger partial charge in [0.2, 0.25) is 5.43 Å². The summed E-state index contributed by atoms with van der Waals surface area (Å²) in [5.41, 5.74) is -1.02. The first-order chi connectivity index (χ1) is 18.6. The Kier molecular flexibility index (Phi) is 8.11.